The van der Waals surface area contributed by atoms with Gasteiger partial charge in [0.2, 0.25) is 5.91 Å². The van der Waals surface area contributed by atoms with Crippen molar-refractivity contribution in [3.63, 3.8) is 0 Å². The van der Waals surface area contributed by atoms with Crippen LogP contribution in [-0.2, 0) is 11.2 Å². The Balaban J connectivity index is 1.41. The van der Waals surface area contributed by atoms with E-state index in [1.165, 1.54) is 30.5 Å². The minimum atomic E-state index is -0.671. The summed E-state index contributed by atoms with van der Waals surface area (Å²) in [5, 5.41) is 16.8. The molecule has 0 saturated carbocycles. The van der Waals surface area contributed by atoms with Crippen LogP contribution in [0, 0.1) is 10.1 Å². The monoisotopic (exact) mass is 453 g/mol. The molecule has 8 heteroatoms. The van der Waals surface area contributed by atoms with Crippen LogP contribution in [0.2, 0.25) is 0 Å². The highest BCUT2D eigenvalue weighted by Crippen LogP contribution is 2.20. The smallest absolute Gasteiger partial charge is 0.343 e. The molecule has 0 aliphatic heterocycles. The Morgan fingerprint density at radius 3 is 2.41 bits per heavy atom. The highest BCUT2D eigenvalue weighted by molar-refractivity contribution is 5.94. The number of benzene rings is 4. The average Bonchev–Trinajstić information content (AvgIpc) is 2.85. The van der Waals surface area contributed by atoms with Gasteiger partial charge in [0, 0.05) is 17.7 Å². The van der Waals surface area contributed by atoms with Crippen LogP contribution in [-0.4, -0.2) is 23.0 Å². The summed E-state index contributed by atoms with van der Waals surface area (Å²) < 4.78 is 5.42. The molecular weight excluding hydrogens is 434 g/mol. The van der Waals surface area contributed by atoms with Crippen molar-refractivity contribution >= 4 is 34.6 Å². The highest BCUT2D eigenvalue weighted by atomic mass is 16.6. The molecule has 0 radical (unpaired) electrons. The Hall–Kier alpha value is -4.85. The molecule has 0 atom stereocenters. The van der Waals surface area contributed by atoms with Crippen LogP contribution < -0.4 is 10.2 Å². The second-order valence-corrected chi connectivity index (χ2v) is 7.34. The number of hydrogen-bond acceptors (Lipinski definition) is 6. The number of carbonyl (C=O) groups excluding carboxylic acids is 2. The van der Waals surface area contributed by atoms with Gasteiger partial charge in [0.05, 0.1) is 23.1 Å². The second kappa shape index (κ2) is 10.2. The van der Waals surface area contributed by atoms with E-state index in [1.807, 2.05) is 42.5 Å². The number of para-hydroxylation sites is 1. The zero-order chi connectivity index (χ0) is 23.9. The van der Waals surface area contributed by atoms with Crippen LogP contribution in [0.25, 0.3) is 10.8 Å². The number of esters is 1. The zero-order valence-electron chi connectivity index (χ0n) is 17.9. The van der Waals surface area contributed by atoms with Crippen molar-refractivity contribution in [2.24, 2.45) is 5.10 Å². The SMILES string of the molecule is O=C(Cc1cccc2ccccc12)N/N=C/c1ccccc1OC(=O)c1ccc([N+](=O)[O-])cc1. The molecule has 0 fully saturated rings. The van der Waals surface area contributed by atoms with E-state index < -0.39 is 10.9 Å². The van der Waals surface area contributed by atoms with Gasteiger partial charge >= 0.3 is 5.97 Å². The number of carbonyl (C=O) groups is 2. The highest BCUT2D eigenvalue weighted by Gasteiger charge is 2.13. The number of fused-ring (bicyclic) bond motifs is 1. The first-order valence-electron chi connectivity index (χ1n) is 10.4. The van der Waals surface area contributed by atoms with Gasteiger partial charge in [0.1, 0.15) is 5.75 Å². The number of nitro groups is 1. The largest absolute Gasteiger partial charge is 0.422 e. The number of rotatable bonds is 7. The van der Waals surface area contributed by atoms with E-state index in [4.69, 9.17) is 4.74 Å². The topological polar surface area (TPSA) is 111 Å². The van der Waals surface area contributed by atoms with Crippen molar-refractivity contribution in [3.05, 3.63) is 118 Å². The van der Waals surface area contributed by atoms with E-state index in [1.54, 1.807) is 24.3 Å². The molecule has 0 heterocycles. The predicted octanol–water partition coefficient (Wildman–Crippen LogP) is 4.66. The average molecular weight is 453 g/mol. The minimum absolute atomic E-state index is 0.122. The number of nitrogens with zero attached hydrogens (tertiary/aromatic N) is 2. The molecule has 0 spiro atoms. The molecule has 0 aromatic heterocycles. The first-order valence-corrected chi connectivity index (χ1v) is 10.4. The third-order valence-electron chi connectivity index (χ3n) is 5.06. The Morgan fingerprint density at radius 1 is 0.912 bits per heavy atom. The first kappa shape index (κ1) is 22.3. The fraction of sp³-hybridized carbons (Fsp3) is 0.0385. The van der Waals surface area contributed by atoms with Crippen molar-refractivity contribution < 1.29 is 19.2 Å². The maximum absolute atomic E-state index is 12.4. The number of hydrazone groups is 1. The molecule has 4 aromatic rings. The van der Waals surface area contributed by atoms with Crippen LogP contribution in [0.5, 0.6) is 5.75 Å². The van der Waals surface area contributed by atoms with Crippen LogP contribution in [0.3, 0.4) is 0 Å². The van der Waals surface area contributed by atoms with Crippen molar-refractivity contribution in [2.45, 2.75) is 6.42 Å². The number of nitro benzene ring substituents is 1. The maximum atomic E-state index is 12.4. The van der Waals surface area contributed by atoms with Crippen LogP contribution >= 0.6 is 0 Å². The van der Waals surface area contributed by atoms with E-state index in [-0.39, 0.29) is 29.3 Å². The lowest BCUT2D eigenvalue weighted by Crippen LogP contribution is -2.20. The van der Waals surface area contributed by atoms with E-state index >= 15 is 0 Å². The van der Waals surface area contributed by atoms with Gasteiger partial charge in [-0.05, 0) is 40.6 Å². The van der Waals surface area contributed by atoms with E-state index in [2.05, 4.69) is 10.5 Å². The molecule has 8 nitrogen and oxygen atoms in total. The Bertz CT molecular complexity index is 1390. The summed E-state index contributed by atoms with van der Waals surface area (Å²) in [5.74, 6) is -0.721. The lowest BCUT2D eigenvalue weighted by molar-refractivity contribution is -0.384. The quantitative estimate of drug-likeness (QED) is 0.144. The van der Waals surface area contributed by atoms with Gasteiger partial charge in [-0.2, -0.15) is 5.10 Å². The van der Waals surface area contributed by atoms with Gasteiger partial charge in [-0.25, -0.2) is 10.2 Å². The van der Waals surface area contributed by atoms with Gasteiger partial charge < -0.3 is 4.74 Å². The molecule has 1 N–H and O–H groups in total. The molecule has 0 aliphatic carbocycles. The lowest BCUT2D eigenvalue weighted by atomic mass is 10.0. The fourth-order valence-electron chi connectivity index (χ4n) is 3.39. The van der Waals surface area contributed by atoms with E-state index in [9.17, 15) is 19.7 Å². The van der Waals surface area contributed by atoms with Crippen LogP contribution in [0.15, 0.2) is 96.1 Å². The molecule has 168 valence electrons. The molecule has 4 aromatic carbocycles. The number of ether oxygens (including phenoxy) is 1. The van der Waals surface area contributed by atoms with Gasteiger partial charge in [-0.3, -0.25) is 14.9 Å². The minimum Gasteiger partial charge on any atom is -0.422 e. The summed E-state index contributed by atoms with van der Waals surface area (Å²) in [7, 11) is 0. The molecule has 4 rings (SSSR count). The second-order valence-electron chi connectivity index (χ2n) is 7.34. The Morgan fingerprint density at radius 2 is 1.62 bits per heavy atom. The van der Waals surface area contributed by atoms with E-state index in [0.717, 1.165) is 16.3 Å². The number of nitrogens with one attached hydrogen (secondary N) is 1. The summed E-state index contributed by atoms with van der Waals surface area (Å²) >= 11 is 0. The van der Waals surface area contributed by atoms with E-state index in [0.29, 0.717) is 5.56 Å². The summed E-state index contributed by atoms with van der Waals surface area (Å²) in [6, 6.07) is 25.4. The molecule has 0 unspecified atom stereocenters. The number of amides is 1. The Labute approximate surface area is 194 Å². The molecule has 34 heavy (non-hydrogen) atoms. The molecular formula is C26H19N3O5. The summed E-state index contributed by atoms with van der Waals surface area (Å²) in [4.78, 5) is 35.1. The third-order valence-corrected chi connectivity index (χ3v) is 5.06. The van der Waals surface area contributed by atoms with Crippen molar-refractivity contribution in [2.75, 3.05) is 0 Å². The van der Waals surface area contributed by atoms with Crippen LogP contribution in [0.1, 0.15) is 21.5 Å². The third kappa shape index (κ3) is 5.31. The normalized spacial score (nSPS) is 10.8. The summed E-state index contributed by atoms with van der Waals surface area (Å²) in [5.41, 5.74) is 3.91. The summed E-state index contributed by atoms with van der Waals surface area (Å²) in [6.07, 6.45) is 1.55. The standard InChI is InChI=1S/C26H19N3O5/c30-25(16-20-9-5-8-18-6-1-3-10-23(18)20)28-27-17-21-7-2-4-11-24(21)34-26(31)19-12-14-22(15-13-19)29(32)33/h1-15,17H,16H2,(H,28,30)/b27-17+. The maximum Gasteiger partial charge on any atom is 0.343 e. The summed E-state index contributed by atoms with van der Waals surface area (Å²) in [6.45, 7) is 0. The molecule has 0 bridgehead atoms. The predicted molar refractivity (Wildman–Crippen MR) is 128 cm³/mol. The zero-order valence-corrected chi connectivity index (χ0v) is 17.9. The van der Waals surface area contributed by atoms with Crippen molar-refractivity contribution in [3.8, 4) is 5.75 Å². The van der Waals surface area contributed by atoms with Gasteiger partial charge in [0.15, 0.2) is 0 Å². The van der Waals surface area contributed by atoms with Gasteiger partial charge in [-0.15, -0.1) is 0 Å². The van der Waals surface area contributed by atoms with Gasteiger partial charge in [0.25, 0.3) is 5.69 Å². The lowest BCUT2D eigenvalue weighted by Gasteiger charge is -2.07. The van der Waals surface area contributed by atoms with Crippen molar-refractivity contribution in [1.82, 2.24) is 5.43 Å². The van der Waals surface area contributed by atoms with Gasteiger partial charge in [-0.1, -0.05) is 54.6 Å². The Kier molecular flexibility index (Phi) is 6.69. The number of hydrogen-bond donors (Lipinski definition) is 1. The first-order chi connectivity index (χ1) is 16.5. The number of non-ortho nitro benzene ring substituents is 1. The van der Waals surface area contributed by atoms with Crippen molar-refractivity contribution in [1.29, 1.82) is 0 Å². The molecule has 0 saturated heterocycles. The fourth-order valence-corrected chi connectivity index (χ4v) is 3.39. The van der Waals surface area contributed by atoms with Crippen LogP contribution in [0.4, 0.5) is 5.69 Å². The molecule has 1 amide bonds. The molecule has 0 aliphatic rings.